The highest BCUT2D eigenvalue weighted by atomic mass is 32.2. The number of nitrogens with one attached hydrogen (secondary N) is 2. The molecule has 46 heavy (non-hydrogen) atoms. The van der Waals surface area contributed by atoms with Crippen molar-refractivity contribution in [1.29, 1.82) is 0 Å². The van der Waals surface area contributed by atoms with Gasteiger partial charge in [0.05, 0.1) is 30.2 Å². The van der Waals surface area contributed by atoms with Gasteiger partial charge in [0.25, 0.3) is 0 Å². The number of nitrogens with zero attached hydrogens (tertiary/aromatic N) is 2. The Hall–Kier alpha value is -4.16. The molecule has 2 heterocycles. The average Bonchev–Trinajstić information content (AvgIpc) is 3.49. The van der Waals surface area contributed by atoms with E-state index in [1.54, 1.807) is 30.1 Å². The molecule has 1 aliphatic rings. The molecule has 1 aromatic heterocycles. The van der Waals surface area contributed by atoms with Crippen LogP contribution in [0.2, 0.25) is 0 Å². The van der Waals surface area contributed by atoms with E-state index in [-0.39, 0.29) is 30.6 Å². The van der Waals surface area contributed by atoms with Gasteiger partial charge in [0.1, 0.15) is 0 Å². The van der Waals surface area contributed by atoms with E-state index in [2.05, 4.69) is 15.6 Å². The van der Waals surface area contributed by atoms with Crippen molar-refractivity contribution in [3.8, 4) is 0 Å². The van der Waals surface area contributed by atoms with E-state index in [0.717, 1.165) is 34.0 Å². The summed E-state index contributed by atoms with van der Waals surface area (Å²) < 4.78 is 14.8. The van der Waals surface area contributed by atoms with Crippen molar-refractivity contribution < 1.29 is 24.2 Å². The first-order valence-electron chi connectivity index (χ1n) is 15.5. The molecule has 0 bridgehead atoms. The molecule has 2 amide bonds. The minimum absolute atomic E-state index is 0.00642. The second kappa shape index (κ2) is 16.4. The molecule has 11 heteroatoms. The standard InChI is InChI=1S/C35H41N5O5S/c1-40-20-19-37-35(40)46-23-28-21-31(25-13-11-24(22-41)12-14-25)45-34(44-28)26-15-17-27(18-16-26)38-32(42)9-3-2-4-10-33(43)39-30-8-6-5-7-29(30)36/h5-8,11-20,28,31,34,41H,2-4,9-10,21-23,36H2,1H3,(H,38,42)(H,39,43)/t28-,31+,34+/m0/s1. The van der Waals surface area contributed by atoms with Crippen LogP contribution in [0.4, 0.5) is 17.1 Å². The third-order valence-electron chi connectivity index (χ3n) is 7.80. The summed E-state index contributed by atoms with van der Waals surface area (Å²) in [5, 5.41) is 16.2. The zero-order valence-electron chi connectivity index (χ0n) is 25.9. The van der Waals surface area contributed by atoms with Gasteiger partial charge in [0.2, 0.25) is 11.8 Å². The summed E-state index contributed by atoms with van der Waals surface area (Å²) in [5.41, 5.74) is 10.5. The number of nitrogens with two attached hydrogens (primary N) is 1. The number of imidazole rings is 1. The lowest BCUT2D eigenvalue weighted by molar-refractivity contribution is -0.245. The molecule has 242 valence electrons. The summed E-state index contributed by atoms with van der Waals surface area (Å²) in [7, 11) is 1.97. The number of nitrogen functional groups attached to an aromatic ring is 1. The van der Waals surface area contributed by atoms with E-state index < -0.39 is 6.29 Å². The Balaban J connectivity index is 1.11. The minimum atomic E-state index is -0.580. The Labute approximate surface area is 273 Å². The van der Waals surface area contributed by atoms with E-state index >= 15 is 0 Å². The fourth-order valence-electron chi connectivity index (χ4n) is 5.20. The molecule has 3 aromatic carbocycles. The lowest BCUT2D eigenvalue weighted by Gasteiger charge is -2.36. The van der Waals surface area contributed by atoms with Gasteiger partial charge in [-0.05, 0) is 48.2 Å². The summed E-state index contributed by atoms with van der Waals surface area (Å²) >= 11 is 1.65. The predicted molar refractivity (Wildman–Crippen MR) is 180 cm³/mol. The third-order valence-corrected chi connectivity index (χ3v) is 8.99. The number of unbranched alkanes of at least 4 members (excludes halogenated alkanes) is 2. The number of hydrogen-bond donors (Lipinski definition) is 4. The highest BCUT2D eigenvalue weighted by Crippen LogP contribution is 2.39. The number of anilines is 3. The van der Waals surface area contributed by atoms with Crippen molar-refractivity contribution in [3.05, 3.63) is 102 Å². The average molecular weight is 644 g/mol. The number of thioether (sulfide) groups is 1. The highest BCUT2D eigenvalue weighted by molar-refractivity contribution is 7.99. The van der Waals surface area contributed by atoms with Gasteiger partial charge in [0.15, 0.2) is 11.4 Å². The summed E-state index contributed by atoms with van der Waals surface area (Å²) in [6.45, 7) is -0.00642. The summed E-state index contributed by atoms with van der Waals surface area (Å²) in [4.78, 5) is 29.2. The van der Waals surface area contributed by atoms with Gasteiger partial charge < -0.3 is 35.5 Å². The van der Waals surface area contributed by atoms with E-state index in [0.29, 0.717) is 49.2 Å². The van der Waals surface area contributed by atoms with E-state index in [1.807, 2.05) is 78.5 Å². The van der Waals surface area contributed by atoms with Crippen LogP contribution < -0.4 is 16.4 Å². The van der Waals surface area contributed by atoms with Gasteiger partial charge in [-0.1, -0.05) is 66.7 Å². The second-order valence-electron chi connectivity index (χ2n) is 11.3. The van der Waals surface area contributed by atoms with Crippen molar-refractivity contribution in [1.82, 2.24) is 9.55 Å². The van der Waals surface area contributed by atoms with E-state index in [9.17, 15) is 14.7 Å². The number of ether oxygens (including phenoxy) is 2. The van der Waals surface area contributed by atoms with Gasteiger partial charge in [-0.25, -0.2) is 4.98 Å². The fraction of sp³-hybridized carbons (Fsp3) is 0.343. The summed E-state index contributed by atoms with van der Waals surface area (Å²) in [6, 6.07) is 22.5. The number of para-hydroxylation sites is 2. The van der Waals surface area contributed by atoms with Gasteiger partial charge in [-0.2, -0.15) is 0 Å². The molecule has 10 nitrogen and oxygen atoms in total. The normalized spacial score (nSPS) is 17.8. The van der Waals surface area contributed by atoms with Crippen LogP contribution >= 0.6 is 11.8 Å². The van der Waals surface area contributed by atoms with Crippen LogP contribution in [0.1, 0.15) is 67.6 Å². The van der Waals surface area contributed by atoms with Crippen LogP contribution in [0.25, 0.3) is 0 Å². The second-order valence-corrected chi connectivity index (χ2v) is 12.3. The molecule has 0 spiro atoms. The predicted octanol–water partition coefficient (Wildman–Crippen LogP) is 6.36. The van der Waals surface area contributed by atoms with Crippen LogP contribution in [-0.4, -0.2) is 38.3 Å². The Bertz CT molecular complexity index is 1580. The lowest BCUT2D eigenvalue weighted by Crippen LogP contribution is -2.31. The van der Waals surface area contributed by atoms with Crippen molar-refractivity contribution in [2.45, 2.75) is 68.8 Å². The molecule has 5 N–H and O–H groups in total. The van der Waals surface area contributed by atoms with Crippen LogP contribution in [-0.2, 0) is 32.7 Å². The zero-order chi connectivity index (χ0) is 32.3. The first kappa shape index (κ1) is 33.2. The number of carbonyl (C=O) groups is 2. The monoisotopic (exact) mass is 643 g/mol. The molecule has 0 radical (unpaired) electrons. The van der Waals surface area contributed by atoms with Crippen molar-refractivity contribution in [2.24, 2.45) is 7.05 Å². The number of carbonyl (C=O) groups excluding carboxylic acids is 2. The molecule has 1 aliphatic heterocycles. The maximum atomic E-state index is 12.6. The molecule has 0 aliphatic carbocycles. The summed E-state index contributed by atoms with van der Waals surface area (Å²) in [6.07, 6.45) is 6.45. The summed E-state index contributed by atoms with van der Waals surface area (Å²) in [5.74, 6) is 0.561. The van der Waals surface area contributed by atoms with Crippen molar-refractivity contribution in [3.63, 3.8) is 0 Å². The van der Waals surface area contributed by atoms with Gasteiger partial charge in [-0.3, -0.25) is 9.59 Å². The van der Waals surface area contributed by atoms with Crippen molar-refractivity contribution >= 4 is 40.6 Å². The smallest absolute Gasteiger partial charge is 0.224 e. The van der Waals surface area contributed by atoms with Crippen LogP contribution in [0.3, 0.4) is 0 Å². The number of aliphatic hydroxyl groups excluding tert-OH is 1. The van der Waals surface area contributed by atoms with E-state index in [4.69, 9.17) is 15.2 Å². The molecule has 0 unspecified atom stereocenters. The molecule has 1 saturated heterocycles. The molecule has 4 aromatic rings. The van der Waals surface area contributed by atoms with Gasteiger partial charge in [0, 0.05) is 55.7 Å². The number of amides is 2. The minimum Gasteiger partial charge on any atom is -0.397 e. The maximum Gasteiger partial charge on any atom is 0.224 e. The Morgan fingerprint density at radius 2 is 1.63 bits per heavy atom. The largest absolute Gasteiger partial charge is 0.397 e. The number of rotatable bonds is 14. The maximum absolute atomic E-state index is 12.6. The Morgan fingerprint density at radius 1 is 0.935 bits per heavy atom. The number of aromatic nitrogens is 2. The highest BCUT2D eigenvalue weighted by Gasteiger charge is 2.32. The zero-order valence-corrected chi connectivity index (χ0v) is 26.7. The quantitative estimate of drug-likeness (QED) is 0.0707. The lowest BCUT2D eigenvalue weighted by atomic mass is 10.0. The fourth-order valence-corrected chi connectivity index (χ4v) is 6.15. The van der Waals surface area contributed by atoms with Gasteiger partial charge >= 0.3 is 0 Å². The molecule has 1 fully saturated rings. The SMILES string of the molecule is Cn1ccnc1SC[C@@H]1C[C@H](c2ccc(CO)cc2)O[C@H](c2ccc(NC(=O)CCCCCC(=O)Nc3ccccc3N)cc2)O1. The molecule has 0 saturated carbocycles. The molecular weight excluding hydrogens is 602 g/mol. The van der Waals surface area contributed by atoms with Crippen LogP contribution in [0, 0.1) is 0 Å². The Morgan fingerprint density at radius 3 is 2.30 bits per heavy atom. The number of aryl methyl sites for hydroxylation is 1. The van der Waals surface area contributed by atoms with Crippen LogP contribution in [0.5, 0.6) is 0 Å². The number of hydrogen-bond acceptors (Lipinski definition) is 8. The molecular formula is C35H41N5O5S. The topological polar surface area (TPSA) is 141 Å². The molecule has 5 rings (SSSR count). The van der Waals surface area contributed by atoms with Crippen molar-refractivity contribution in [2.75, 3.05) is 22.1 Å². The van der Waals surface area contributed by atoms with Gasteiger partial charge in [-0.15, -0.1) is 0 Å². The number of benzene rings is 3. The molecule has 3 atom stereocenters. The number of aliphatic hydroxyl groups is 1. The Kier molecular flexibility index (Phi) is 11.9. The third kappa shape index (κ3) is 9.43. The first-order valence-corrected chi connectivity index (χ1v) is 16.5. The van der Waals surface area contributed by atoms with Crippen LogP contribution in [0.15, 0.2) is 90.3 Å². The first-order chi connectivity index (χ1) is 22.4. The van der Waals surface area contributed by atoms with E-state index in [1.165, 1.54) is 0 Å².